The van der Waals surface area contributed by atoms with Gasteiger partial charge in [0, 0.05) is 37.9 Å². The van der Waals surface area contributed by atoms with Crippen LogP contribution in [0.3, 0.4) is 0 Å². The quantitative estimate of drug-likeness (QED) is 0.553. The summed E-state index contributed by atoms with van der Waals surface area (Å²) < 4.78 is 0. The first-order valence-electron chi connectivity index (χ1n) is 10.8. The molecule has 1 aromatic carbocycles. The lowest BCUT2D eigenvalue weighted by Gasteiger charge is -2.22. The summed E-state index contributed by atoms with van der Waals surface area (Å²) >= 11 is 0. The SMILES string of the molecule is CC(C)(C)c1ccc(C(NCCc2ccncc2)C(=O)NCCc2ccncc2)cc1. The van der Waals surface area contributed by atoms with Crippen LogP contribution in [0, 0.1) is 0 Å². The second-order valence-electron chi connectivity index (χ2n) is 8.76. The number of carbonyl (C=O) groups excluding carboxylic acids is 1. The van der Waals surface area contributed by atoms with E-state index in [0.717, 1.165) is 24.0 Å². The summed E-state index contributed by atoms with van der Waals surface area (Å²) in [5, 5.41) is 6.54. The van der Waals surface area contributed by atoms with Crippen LogP contribution >= 0.6 is 0 Å². The maximum Gasteiger partial charge on any atom is 0.241 e. The molecule has 31 heavy (non-hydrogen) atoms. The standard InChI is InChI=1S/C26H32N4O/c1-26(2,3)23-6-4-22(5-7-23)24(29-18-12-20-8-14-27-15-9-20)25(31)30-19-13-21-10-16-28-17-11-21/h4-11,14-17,24,29H,12-13,18-19H2,1-3H3,(H,30,31). The summed E-state index contributed by atoms with van der Waals surface area (Å²) in [6.45, 7) is 7.87. The van der Waals surface area contributed by atoms with Crippen LogP contribution in [-0.2, 0) is 23.1 Å². The fourth-order valence-corrected chi connectivity index (χ4v) is 3.43. The number of rotatable bonds is 9. The second kappa shape index (κ2) is 10.8. The molecule has 0 radical (unpaired) electrons. The van der Waals surface area contributed by atoms with Crippen LogP contribution in [0.15, 0.2) is 73.3 Å². The van der Waals surface area contributed by atoms with Gasteiger partial charge in [-0.05, 0) is 64.8 Å². The molecule has 5 nitrogen and oxygen atoms in total. The first-order chi connectivity index (χ1) is 14.9. The van der Waals surface area contributed by atoms with Crippen molar-refractivity contribution in [3.63, 3.8) is 0 Å². The average molecular weight is 417 g/mol. The highest BCUT2D eigenvalue weighted by Crippen LogP contribution is 2.24. The number of aromatic nitrogens is 2. The van der Waals surface area contributed by atoms with E-state index < -0.39 is 6.04 Å². The molecule has 1 atom stereocenters. The Morgan fingerprint density at radius 3 is 1.84 bits per heavy atom. The van der Waals surface area contributed by atoms with E-state index in [-0.39, 0.29) is 11.3 Å². The minimum atomic E-state index is -0.395. The minimum Gasteiger partial charge on any atom is -0.354 e. The van der Waals surface area contributed by atoms with Crippen LogP contribution in [0.5, 0.6) is 0 Å². The summed E-state index contributed by atoms with van der Waals surface area (Å²) in [6.07, 6.45) is 8.76. The van der Waals surface area contributed by atoms with Gasteiger partial charge in [-0.3, -0.25) is 14.8 Å². The molecule has 2 heterocycles. The van der Waals surface area contributed by atoms with Crippen LogP contribution in [0.25, 0.3) is 0 Å². The first kappa shape index (κ1) is 22.6. The van der Waals surface area contributed by atoms with Crippen LogP contribution in [0.2, 0.25) is 0 Å². The maximum atomic E-state index is 13.1. The Kier molecular flexibility index (Phi) is 7.90. The number of carbonyl (C=O) groups is 1. The van der Waals surface area contributed by atoms with Crippen molar-refractivity contribution in [1.82, 2.24) is 20.6 Å². The molecule has 162 valence electrons. The number of pyridine rings is 2. The zero-order chi connectivity index (χ0) is 22.1. The molecule has 0 bridgehead atoms. The molecule has 0 aliphatic heterocycles. The Morgan fingerprint density at radius 1 is 0.806 bits per heavy atom. The van der Waals surface area contributed by atoms with Gasteiger partial charge in [0.25, 0.3) is 0 Å². The molecule has 0 saturated carbocycles. The van der Waals surface area contributed by atoms with Crippen molar-refractivity contribution in [2.45, 2.75) is 45.1 Å². The fraction of sp³-hybridized carbons (Fsp3) is 0.346. The van der Waals surface area contributed by atoms with E-state index in [0.29, 0.717) is 13.1 Å². The molecular formula is C26H32N4O. The van der Waals surface area contributed by atoms with E-state index >= 15 is 0 Å². The Labute approximate surface area is 185 Å². The summed E-state index contributed by atoms with van der Waals surface area (Å²) in [6, 6.07) is 15.9. The van der Waals surface area contributed by atoms with Gasteiger partial charge in [0.15, 0.2) is 0 Å². The van der Waals surface area contributed by atoms with Gasteiger partial charge in [0.1, 0.15) is 6.04 Å². The lowest BCUT2D eigenvalue weighted by atomic mass is 9.86. The third-order valence-electron chi connectivity index (χ3n) is 5.35. The molecule has 0 spiro atoms. The Morgan fingerprint density at radius 2 is 1.32 bits per heavy atom. The minimum absolute atomic E-state index is 0.00714. The van der Waals surface area contributed by atoms with Crippen molar-refractivity contribution >= 4 is 5.91 Å². The highest BCUT2D eigenvalue weighted by atomic mass is 16.2. The van der Waals surface area contributed by atoms with Gasteiger partial charge in [0.2, 0.25) is 5.91 Å². The van der Waals surface area contributed by atoms with E-state index in [1.807, 2.05) is 24.3 Å². The molecule has 5 heteroatoms. The molecule has 1 amide bonds. The first-order valence-corrected chi connectivity index (χ1v) is 10.8. The zero-order valence-corrected chi connectivity index (χ0v) is 18.6. The molecule has 0 fully saturated rings. The monoisotopic (exact) mass is 416 g/mol. The van der Waals surface area contributed by atoms with Crippen molar-refractivity contribution in [1.29, 1.82) is 0 Å². The van der Waals surface area contributed by atoms with Gasteiger partial charge in [-0.1, -0.05) is 45.0 Å². The van der Waals surface area contributed by atoms with E-state index in [2.05, 4.69) is 65.6 Å². The number of hydrogen-bond donors (Lipinski definition) is 2. The molecule has 2 aromatic heterocycles. The number of benzene rings is 1. The summed E-state index contributed by atoms with van der Waals surface area (Å²) in [7, 11) is 0. The zero-order valence-electron chi connectivity index (χ0n) is 18.6. The van der Waals surface area contributed by atoms with Gasteiger partial charge in [-0.2, -0.15) is 0 Å². The molecule has 3 aromatic rings. The summed E-state index contributed by atoms with van der Waals surface area (Å²) in [5.74, 6) is -0.00714. The number of nitrogens with one attached hydrogen (secondary N) is 2. The maximum absolute atomic E-state index is 13.1. The Balaban J connectivity index is 1.66. The number of hydrogen-bond acceptors (Lipinski definition) is 4. The smallest absolute Gasteiger partial charge is 0.241 e. The van der Waals surface area contributed by atoms with E-state index in [9.17, 15) is 4.79 Å². The second-order valence-corrected chi connectivity index (χ2v) is 8.76. The molecular weight excluding hydrogens is 384 g/mol. The lowest BCUT2D eigenvalue weighted by Crippen LogP contribution is -2.39. The summed E-state index contributed by atoms with van der Waals surface area (Å²) in [4.78, 5) is 21.2. The topological polar surface area (TPSA) is 66.9 Å². The lowest BCUT2D eigenvalue weighted by molar-refractivity contribution is -0.123. The normalized spacial score (nSPS) is 12.4. The molecule has 0 saturated heterocycles. The molecule has 2 N–H and O–H groups in total. The number of amides is 1. The average Bonchev–Trinajstić information content (AvgIpc) is 2.77. The molecule has 3 rings (SSSR count). The van der Waals surface area contributed by atoms with Crippen LogP contribution in [0.1, 0.15) is 49.1 Å². The van der Waals surface area contributed by atoms with E-state index in [4.69, 9.17) is 0 Å². The molecule has 0 aliphatic rings. The van der Waals surface area contributed by atoms with Crippen molar-refractivity contribution in [2.75, 3.05) is 13.1 Å². The fourth-order valence-electron chi connectivity index (χ4n) is 3.43. The number of nitrogens with zero attached hydrogens (tertiary/aromatic N) is 2. The van der Waals surface area contributed by atoms with Gasteiger partial charge in [-0.25, -0.2) is 0 Å². The molecule has 1 unspecified atom stereocenters. The van der Waals surface area contributed by atoms with Gasteiger partial charge in [-0.15, -0.1) is 0 Å². The third kappa shape index (κ3) is 7.00. The van der Waals surface area contributed by atoms with Crippen molar-refractivity contribution < 1.29 is 4.79 Å². The van der Waals surface area contributed by atoms with Crippen LogP contribution < -0.4 is 10.6 Å². The van der Waals surface area contributed by atoms with Gasteiger partial charge < -0.3 is 10.6 Å². The molecule has 0 aliphatic carbocycles. The highest BCUT2D eigenvalue weighted by Gasteiger charge is 2.21. The van der Waals surface area contributed by atoms with Crippen LogP contribution in [-0.4, -0.2) is 29.0 Å². The van der Waals surface area contributed by atoms with E-state index in [1.165, 1.54) is 11.1 Å². The van der Waals surface area contributed by atoms with Crippen molar-refractivity contribution in [2.24, 2.45) is 0 Å². The van der Waals surface area contributed by atoms with Gasteiger partial charge >= 0.3 is 0 Å². The summed E-state index contributed by atoms with van der Waals surface area (Å²) in [5.41, 5.74) is 4.67. The predicted molar refractivity (Wildman–Crippen MR) is 125 cm³/mol. The van der Waals surface area contributed by atoms with Crippen LogP contribution in [0.4, 0.5) is 0 Å². The third-order valence-corrected chi connectivity index (χ3v) is 5.35. The highest BCUT2D eigenvalue weighted by molar-refractivity contribution is 5.83. The van der Waals surface area contributed by atoms with Gasteiger partial charge in [0.05, 0.1) is 0 Å². The Hall–Kier alpha value is -3.05. The largest absolute Gasteiger partial charge is 0.354 e. The van der Waals surface area contributed by atoms with Crippen molar-refractivity contribution in [3.05, 3.63) is 95.6 Å². The predicted octanol–water partition coefficient (Wildman–Crippen LogP) is 4.01. The Bertz CT molecular complexity index is 935. The van der Waals surface area contributed by atoms with E-state index in [1.54, 1.807) is 24.8 Å². The van der Waals surface area contributed by atoms with Crippen molar-refractivity contribution in [3.8, 4) is 0 Å².